The highest BCUT2D eigenvalue weighted by atomic mass is 31.2. The van der Waals surface area contributed by atoms with Gasteiger partial charge in [0, 0.05) is 12.8 Å². The Labute approximate surface area is 617 Å². The average Bonchev–Trinajstić information content (AvgIpc) is 1.07. The first-order valence-corrected chi connectivity index (χ1v) is 42.4. The number of nitrogens with zero attached hydrogens (tertiary/aromatic N) is 1. The van der Waals surface area contributed by atoms with E-state index >= 15 is 0 Å². The molecule has 100 heavy (non-hydrogen) atoms. The number of quaternary nitrogens is 1. The molecule has 2 unspecified atom stereocenters. The fourth-order valence-corrected chi connectivity index (χ4v) is 11.8. The first kappa shape index (κ1) is 95.4. The zero-order chi connectivity index (χ0) is 72.5. The average molecular weight is 1410 g/mol. The summed E-state index contributed by atoms with van der Waals surface area (Å²) in [6, 6.07) is 0. The third kappa shape index (κ3) is 82.3. The molecule has 0 aromatic carbocycles. The van der Waals surface area contributed by atoms with Crippen LogP contribution in [0, 0.1) is 0 Å². The first-order valence-electron chi connectivity index (χ1n) is 40.9. The number of esters is 2. The molecule has 0 aromatic rings. The van der Waals surface area contributed by atoms with Crippen molar-refractivity contribution >= 4 is 19.8 Å². The van der Waals surface area contributed by atoms with Gasteiger partial charge >= 0.3 is 19.8 Å². The van der Waals surface area contributed by atoms with Gasteiger partial charge in [-0.1, -0.05) is 364 Å². The molecular formula is C90H153NO8P+. The Kier molecular flexibility index (Phi) is 74.9. The smallest absolute Gasteiger partial charge is 0.462 e. The van der Waals surface area contributed by atoms with Gasteiger partial charge in [-0.15, -0.1) is 0 Å². The van der Waals surface area contributed by atoms with Gasteiger partial charge in [0.15, 0.2) is 6.10 Å². The molecule has 9 nitrogen and oxygen atoms in total. The Morgan fingerprint density at radius 1 is 0.310 bits per heavy atom. The molecule has 0 saturated carbocycles. The summed E-state index contributed by atoms with van der Waals surface area (Å²) in [5.41, 5.74) is 0. The summed E-state index contributed by atoms with van der Waals surface area (Å²) < 4.78 is 34.8. The Balaban J connectivity index is 3.99. The summed E-state index contributed by atoms with van der Waals surface area (Å²) in [5, 5.41) is 0. The van der Waals surface area contributed by atoms with Gasteiger partial charge in [-0.2, -0.15) is 0 Å². The van der Waals surface area contributed by atoms with E-state index in [1.54, 1.807) is 0 Å². The second-order valence-electron chi connectivity index (χ2n) is 28.0. The molecule has 570 valence electrons. The molecule has 0 heterocycles. The van der Waals surface area contributed by atoms with E-state index in [1.807, 2.05) is 21.1 Å². The van der Waals surface area contributed by atoms with Crippen LogP contribution in [0.1, 0.15) is 335 Å². The Morgan fingerprint density at radius 3 is 0.800 bits per heavy atom. The maximum Gasteiger partial charge on any atom is 0.472 e. The molecule has 0 bridgehead atoms. The number of ether oxygens (including phenoxy) is 2. The van der Waals surface area contributed by atoms with E-state index in [9.17, 15) is 19.0 Å². The lowest BCUT2D eigenvalue weighted by atomic mass is 10.0. The van der Waals surface area contributed by atoms with Crippen LogP contribution in [0.15, 0.2) is 170 Å². The minimum absolute atomic E-state index is 0.0267. The van der Waals surface area contributed by atoms with Crippen molar-refractivity contribution in [2.24, 2.45) is 0 Å². The quantitative estimate of drug-likeness (QED) is 0.0211. The lowest BCUT2D eigenvalue weighted by molar-refractivity contribution is -0.870. The number of allylic oxidation sites excluding steroid dienone is 28. The van der Waals surface area contributed by atoms with Gasteiger partial charge in [0.25, 0.3) is 0 Å². The molecule has 0 saturated heterocycles. The number of carbonyl (C=O) groups is 2. The second kappa shape index (κ2) is 78.5. The SMILES string of the molecule is CC/C=C\C/C=C\C/C=C\C/C=C\C/C=C\C/C=C\C/C=C\C/C=C\CCCCCCCCCCCCCCCCC(=O)OC(COC(=O)CCCCCCCCCCCCCCCCCCCC/C=C\C/C=C\C/C=C\C/C=C\C/C=C\C/C=C\CC)COP(=O)(O)OCC[N+](C)(C)C. The van der Waals surface area contributed by atoms with Gasteiger partial charge in [0.05, 0.1) is 27.7 Å². The highest BCUT2D eigenvalue weighted by Crippen LogP contribution is 2.43. The summed E-state index contributed by atoms with van der Waals surface area (Å²) in [6.07, 6.45) is 119. The van der Waals surface area contributed by atoms with E-state index in [2.05, 4.69) is 184 Å². The zero-order valence-corrected chi connectivity index (χ0v) is 66.0. The molecule has 0 fully saturated rings. The van der Waals surface area contributed by atoms with Crippen LogP contribution in [-0.2, 0) is 32.7 Å². The standard InChI is InChI=1S/C90H152NO8P/c1-6-8-10-12-14-16-18-20-22-24-26-28-30-32-34-36-38-40-42-44-45-47-49-51-53-55-57-59-61-63-65-67-69-71-73-75-77-79-81-83-90(93)99-88(87-98-100(94,95)97-85-84-91(3,4)5)86-96-89(92)82-80-78-76-74-72-70-68-66-64-62-60-58-56-54-52-50-48-46-43-41-39-37-35-33-31-29-27-25-23-21-19-17-15-13-11-9-7-2/h8-11,14-17,20-23,26-29,32-35,38-41,44-45,49,51,88H,6-7,12-13,18-19,24-25,30-31,36-37,42-43,46-48,50,52-87H2,1-5H3/p+1/b10-8-,11-9-,16-14-,17-15-,22-20-,23-21-,28-26-,29-27-,34-32-,35-33-,40-38-,41-39-,45-44-,51-49-. The third-order valence-corrected chi connectivity index (χ3v) is 18.2. The van der Waals surface area contributed by atoms with Crippen LogP contribution in [-0.4, -0.2) is 74.9 Å². The molecule has 0 aromatic heterocycles. The van der Waals surface area contributed by atoms with Crippen molar-refractivity contribution in [2.45, 2.75) is 341 Å². The van der Waals surface area contributed by atoms with Gasteiger partial charge in [-0.3, -0.25) is 18.6 Å². The number of carbonyl (C=O) groups excluding carboxylic acids is 2. The van der Waals surface area contributed by atoms with Crippen LogP contribution in [0.3, 0.4) is 0 Å². The van der Waals surface area contributed by atoms with Crippen LogP contribution >= 0.6 is 7.82 Å². The lowest BCUT2D eigenvalue weighted by Gasteiger charge is -2.24. The van der Waals surface area contributed by atoms with Gasteiger partial charge in [-0.25, -0.2) is 4.57 Å². The predicted molar refractivity (Wildman–Crippen MR) is 436 cm³/mol. The van der Waals surface area contributed by atoms with E-state index in [4.69, 9.17) is 18.5 Å². The number of hydrogen-bond donors (Lipinski definition) is 1. The molecule has 0 aliphatic heterocycles. The molecule has 0 aliphatic rings. The largest absolute Gasteiger partial charge is 0.472 e. The minimum Gasteiger partial charge on any atom is -0.462 e. The summed E-state index contributed by atoms with van der Waals surface area (Å²) in [5.74, 6) is -0.793. The van der Waals surface area contributed by atoms with Crippen LogP contribution in [0.5, 0.6) is 0 Å². The van der Waals surface area contributed by atoms with E-state index in [1.165, 1.54) is 173 Å². The molecule has 0 amide bonds. The Bertz CT molecular complexity index is 2300. The van der Waals surface area contributed by atoms with Crippen LogP contribution in [0.4, 0.5) is 0 Å². The van der Waals surface area contributed by atoms with Crippen LogP contribution in [0.2, 0.25) is 0 Å². The van der Waals surface area contributed by atoms with E-state index < -0.39 is 26.5 Å². The van der Waals surface area contributed by atoms with Crippen molar-refractivity contribution in [1.29, 1.82) is 0 Å². The first-order chi connectivity index (χ1) is 49.0. The normalized spacial score (nSPS) is 13.9. The predicted octanol–water partition coefficient (Wildman–Crippen LogP) is 27.6. The fraction of sp³-hybridized carbons (Fsp3) is 0.667. The van der Waals surface area contributed by atoms with E-state index in [0.29, 0.717) is 17.4 Å². The van der Waals surface area contributed by atoms with Crippen molar-refractivity contribution < 1.29 is 42.1 Å². The number of likely N-dealkylation sites (N-methyl/N-ethyl adjacent to an activating group) is 1. The molecule has 10 heteroatoms. The monoisotopic (exact) mass is 1410 g/mol. The van der Waals surface area contributed by atoms with Crippen molar-refractivity contribution in [3.63, 3.8) is 0 Å². The topological polar surface area (TPSA) is 108 Å². The van der Waals surface area contributed by atoms with Crippen LogP contribution in [0.25, 0.3) is 0 Å². The van der Waals surface area contributed by atoms with E-state index in [-0.39, 0.29) is 32.0 Å². The molecule has 0 spiro atoms. The maximum atomic E-state index is 12.9. The van der Waals surface area contributed by atoms with Gasteiger partial charge in [-0.05, 0) is 128 Å². The lowest BCUT2D eigenvalue weighted by Crippen LogP contribution is -2.37. The Hall–Kier alpha value is -4.63. The number of phosphoric ester groups is 1. The Morgan fingerprint density at radius 2 is 0.540 bits per heavy atom. The fourth-order valence-electron chi connectivity index (χ4n) is 11.1. The molecule has 0 aliphatic carbocycles. The highest BCUT2D eigenvalue weighted by Gasteiger charge is 2.27. The summed E-state index contributed by atoms with van der Waals surface area (Å²) >= 11 is 0. The number of rotatable bonds is 74. The third-order valence-electron chi connectivity index (χ3n) is 17.2. The number of phosphoric acid groups is 1. The molecule has 0 radical (unpaired) electrons. The van der Waals surface area contributed by atoms with Crippen molar-refractivity contribution in [3.8, 4) is 0 Å². The highest BCUT2D eigenvalue weighted by molar-refractivity contribution is 7.47. The minimum atomic E-state index is -4.40. The number of unbranched alkanes of at least 4 members (excludes halogenated alkanes) is 32. The summed E-state index contributed by atoms with van der Waals surface area (Å²) in [7, 11) is 1.47. The van der Waals surface area contributed by atoms with E-state index in [0.717, 1.165) is 128 Å². The van der Waals surface area contributed by atoms with Crippen molar-refractivity contribution in [3.05, 3.63) is 170 Å². The summed E-state index contributed by atoms with van der Waals surface area (Å²) in [6.45, 7) is 4.22. The van der Waals surface area contributed by atoms with Crippen molar-refractivity contribution in [2.75, 3.05) is 47.5 Å². The zero-order valence-electron chi connectivity index (χ0n) is 65.1. The molecule has 1 N–H and O–H groups in total. The molecule has 0 rings (SSSR count). The van der Waals surface area contributed by atoms with Gasteiger partial charge in [0.2, 0.25) is 0 Å². The van der Waals surface area contributed by atoms with Gasteiger partial charge < -0.3 is 18.9 Å². The van der Waals surface area contributed by atoms with Crippen molar-refractivity contribution in [1.82, 2.24) is 0 Å². The van der Waals surface area contributed by atoms with Gasteiger partial charge in [0.1, 0.15) is 19.8 Å². The summed E-state index contributed by atoms with van der Waals surface area (Å²) in [4.78, 5) is 36.0. The maximum absolute atomic E-state index is 12.9. The number of hydrogen-bond acceptors (Lipinski definition) is 7. The molecular weight excluding hydrogens is 1250 g/mol. The van der Waals surface area contributed by atoms with Crippen LogP contribution < -0.4 is 0 Å². The molecule has 2 atom stereocenters. The second-order valence-corrected chi connectivity index (χ2v) is 29.5.